The highest BCUT2D eigenvalue weighted by molar-refractivity contribution is 8.00. The number of amides is 2. The fourth-order valence-corrected chi connectivity index (χ4v) is 6.47. The van der Waals surface area contributed by atoms with E-state index in [1.54, 1.807) is 0 Å². The van der Waals surface area contributed by atoms with Crippen LogP contribution in [0.25, 0.3) is 5.65 Å². The number of halogens is 1. The number of carboxylic acids is 2. The molecule has 0 bridgehead atoms. The molecule has 0 unspecified atom stereocenters. The van der Waals surface area contributed by atoms with Crippen LogP contribution in [0.4, 0.5) is 5.13 Å². The third-order valence-corrected chi connectivity index (χ3v) is 8.28. The van der Waals surface area contributed by atoms with E-state index in [9.17, 15) is 24.3 Å². The van der Waals surface area contributed by atoms with E-state index in [1.165, 1.54) is 11.8 Å². The minimum absolute atomic E-state index is 0.00497. The average Bonchev–Trinajstić information content (AvgIpc) is 3.46. The highest BCUT2D eigenvalue weighted by Gasteiger charge is 2.54. The first-order valence-corrected chi connectivity index (χ1v) is 13.4. The second kappa shape index (κ2) is 10.5. The topological polar surface area (TPSA) is 193 Å². The summed E-state index contributed by atoms with van der Waals surface area (Å²) in [6.07, 6.45) is 5.54. The zero-order valence-corrected chi connectivity index (χ0v) is 22.1. The van der Waals surface area contributed by atoms with Crippen LogP contribution >= 0.6 is 34.7 Å². The number of thioether (sulfide) groups is 1. The maximum Gasteiger partial charge on any atom is 0.352 e. The Bertz CT molecular complexity index is 1580. The summed E-state index contributed by atoms with van der Waals surface area (Å²) in [7, 11) is 0. The van der Waals surface area contributed by atoms with Gasteiger partial charge in [0.05, 0.1) is 6.20 Å². The fourth-order valence-electron chi connectivity index (χ4n) is 4.21. The summed E-state index contributed by atoms with van der Waals surface area (Å²) in [6.45, 7) is -0.586. The van der Waals surface area contributed by atoms with Crippen molar-refractivity contribution in [2.24, 2.45) is 5.16 Å². The molecule has 5 N–H and O–H groups in total. The molecule has 3 aromatic rings. The molecule has 202 valence electrons. The van der Waals surface area contributed by atoms with Gasteiger partial charge in [0.25, 0.3) is 17.5 Å². The van der Waals surface area contributed by atoms with E-state index in [0.717, 1.165) is 21.9 Å². The van der Waals surface area contributed by atoms with Crippen LogP contribution in [0.1, 0.15) is 5.69 Å². The van der Waals surface area contributed by atoms with Crippen LogP contribution in [-0.4, -0.2) is 77.7 Å². The number of nitrogen functional groups attached to an aromatic ring is 1. The Balaban J connectivity index is 1.37. The number of nitrogens with one attached hydrogen (secondary N) is 1. The molecule has 0 radical (unpaired) electrons. The van der Waals surface area contributed by atoms with Crippen molar-refractivity contribution in [3.63, 3.8) is 0 Å². The van der Waals surface area contributed by atoms with Gasteiger partial charge in [-0.1, -0.05) is 34.2 Å². The summed E-state index contributed by atoms with van der Waals surface area (Å²) < 4.78 is 3.78. The Kier molecular flexibility index (Phi) is 7.16. The molecule has 39 heavy (non-hydrogen) atoms. The summed E-state index contributed by atoms with van der Waals surface area (Å²) in [5, 5.41) is 24.2. The van der Waals surface area contributed by atoms with Gasteiger partial charge in [-0.3, -0.25) is 14.5 Å². The predicted octanol–water partition coefficient (Wildman–Crippen LogP) is 0.163. The number of carbonyl (C=O) groups is 4. The van der Waals surface area contributed by atoms with Crippen LogP contribution in [0.3, 0.4) is 0 Å². The number of oxime groups is 1. The first kappa shape index (κ1) is 26.5. The third kappa shape index (κ3) is 5.00. The Hall–Kier alpha value is -4.15. The number of fused-ring (bicyclic) bond motifs is 2. The second-order valence-electron chi connectivity index (χ2n) is 8.29. The van der Waals surface area contributed by atoms with Gasteiger partial charge in [-0.05, 0) is 6.07 Å². The highest BCUT2D eigenvalue weighted by Crippen LogP contribution is 2.40. The lowest BCUT2D eigenvalue weighted by Gasteiger charge is -2.49. The smallest absolute Gasteiger partial charge is 0.352 e. The number of nitrogens with two attached hydrogens (primary N) is 1. The number of hydrogen-bond acceptors (Lipinski definition) is 10. The van der Waals surface area contributed by atoms with E-state index in [0.29, 0.717) is 11.3 Å². The zero-order chi connectivity index (χ0) is 27.8. The quantitative estimate of drug-likeness (QED) is 0.115. The summed E-state index contributed by atoms with van der Waals surface area (Å²) in [4.78, 5) is 59.1. The normalized spacial score (nSPS) is 19.1. The van der Waals surface area contributed by atoms with Crippen LogP contribution in [0.15, 0.2) is 53.2 Å². The third-order valence-electron chi connectivity index (χ3n) is 5.85. The van der Waals surface area contributed by atoms with E-state index in [1.807, 2.05) is 45.8 Å². The van der Waals surface area contributed by atoms with E-state index in [2.05, 4.69) is 15.5 Å². The van der Waals surface area contributed by atoms with Gasteiger partial charge in [0.1, 0.15) is 46.1 Å². The molecular formula is C22H19ClN7O7S2+. The van der Waals surface area contributed by atoms with Crippen molar-refractivity contribution in [3.8, 4) is 0 Å². The van der Waals surface area contributed by atoms with Crippen LogP contribution in [0, 0.1) is 0 Å². The SMILES string of the molecule is Nc1nc(/C(=N/OCC(=O)O)C(=O)N[C@@H]2C(=O)N3C(C(=O)O)=C(C[n+]4ccn5ccccc54)CS[C@@H]23)c(Cl)s1. The standard InChI is InChI=1S/C22H18ClN7O7S2/c23-17-13(26-22(24)39-17)14(27-37-8-12(31)32)18(33)25-15-19(34)30-16(21(35)36)10(9-38-20(15)30)7-29-6-5-28-4-2-1-3-11(28)29/h1-6,15,20H,7-9H2,(H4-,24,25,26,31,32,33,35,36)/p+1/b27-14-/t15-,20+/m1/s1. The molecule has 1 saturated heterocycles. The number of aliphatic carboxylic acids is 2. The van der Waals surface area contributed by atoms with Gasteiger partial charge >= 0.3 is 11.9 Å². The van der Waals surface area contributed by atoms with Gasteiger partial charge in [0, 0.05) is 17.4 Å². The number of nitrogens with zero attached hydrogens (tertiary/aromatic N) is 5. The minimum atomic E-state index is -1.33. The van der Waals surface area contributed by atoms with E-state index >= 15 is 0 Å². The number of carboxylic acid groups (broad SMARTS) is 2. The summed E-state index contributed by atoms with van der Waals surface area (Å²) >= 11 is 8.27. The number of imidazole rings is 1. The lowest BCUT2D eigenvalue weighted by Crippen LogP contribution is -2.71. The van der Waals surface area contributed by atoms with Crippen molar-refractivity contribution in [2.45, 2.75) is 18.0 Å². The van der Waals surface area contributed by atoms with Crippen molar-refractivity contribution in [3.05, 3.63) is 58.1 Å². The Morgan fingerprint density at radius 2 is 2.10 bits per heavy atom. The van der Waals surface area contributed by atoms with Gasteiger partial charge in [-0.25, -0.2) is 23.5 Å². The highest BCUT2D eigenvalue weighted by atomic mass is 35.5. The molecule has 0 saturated carbocycles. The number of hydrogen-bond donors (Lipinski definition) is 4. The molecule has 14 nitrogen and oxygen atoms in total. The number of aromatic nitrogens is 3. The summed E-state index contributed by atoms with van der Waals surface area (Å²) in [5.74, 6) is -3.84. The lowest BCUT2D eigenvalue weighted by atomic mass is 10.0. The predicted molar refractivity (Wildman–Crippen MR) is 139 cm³/mol. The molecule has 0 aromatic carbocycles. The van der Waals surface area contributed by atoms with Crippen LogP contribution in [0.5, 0.6) is 0 Å². The molecule has 5 heterocycles. The van der Waals surface area contributed by atoms with Crippen molar-refractivity contribution >= 4 is 74.9 Å². The molecule has 3 aromatic heterocycles. The molecular weight excluding hydrogens is 574 g/mol. The summed E-state index contributed by atoms with van der Waals surface area (Å²) in [6, 6.07) is 4.55. The van der Waals surface area contributed by atoms with Gasteiger partial charge in [-0.2, -0.15) is 0 Å². The van der Waals surface area contributed by atoms with Crippen molar-refractivity contribution in [1.29, 1.82) is 0 Å². The van der Waals surface area contributed by atoms with Crippen LogP contribution in [0.2, 0.25) is 4.34 Å². The molecule has 5 rings (SSSR count). The second-order valence-corrected chi connectivity index (χ2v) is 11.0. The Labute approximate surface area is 232 Å². The number of rotatable bonds is 9. The largest absolute Gasteiger partial charge is 0.479 e. The Morgan fingerprint density at radius 3 is 2.79 bits per heavy atom. The number of carbonyl (C=O) groups excluding carboxylic acids is 2. The number of anilines is 1. The zero-order valence-electron chi connectivity index (χ0n) is 19.7. The number of β-lactam (4-membered cyclic amide) rings is 1. The maximum absolute atomic E-state index is 13.1. The van der Waals surface area contributed by atoms with Crippen molar-refractivity contribution in [1.82, 2.24) is 19.6 Å². The number of thiazole rings is 1. The van der Waals surface area contributed by atoms with Crippen LogP contribution in [-0.2, 0) is 30.6 Å². The van der Waals surface area contributed by atoms with Gasteiger partial charge in [-0.15, -0.1) is 11.8 Å². The molecule has 1 fully saturated rings. The lowest BCUT2D eigenvalue weighted by molar-refractivity contribution is -0.662. The molecule has 2 aliphatic rings. The molecule has 0 spiro atoms. The van der Waals surface area contributed by atoms with Gasteiger partial charge in [0.15, 0.2) is 10.8 Å². The first-order chi connectivity index (χ1) is 18.7. The summed E-state index contributed by atoms with van der Waals surface area (Å²) in [5.41, 5.74) is 6.28. The fraction of sp³-hybridized carbons (Fsp3) is 0.227. The molecule has 2 atom stereocenters. The van der Waals surface area contributed by atoms with E-state index in [-0.39, 0.29) is 27.4 Å². The average molecular weight is 593 g/mol. The number of pyridine rings is 1. The molecule has 2 amide bonds. The monoisotopic (exact) mass is 592 g/mol. The van der Waals surface area contributed by atoms with E-state index < -0.39 is 47.5 Å². The Morgan fingerprint density at radius 1 is 1.31 bits per heavy atom. The minimum Gasteiger partial charge on any atom is -0.479 e. The molecule has 17 heteroatoms. The molecule has 0 aliphatic carbocycles. The maximum atomic E-state index is 13.1. The van der Waals surface area contributed by atoms with Crippen molar-refractivity contribution in [2.75, 3.05) is 18.1 Å². The molecule has 2 aliphatic heterocycles. The first-order valence-electron chi connectivity index (χ1n) is 11.2. The van der Waals surface area contributed by atoms with Crippen LogP contribution < -0.4 is 15.6 Å². The van der Waals surface area contributed by atoms with Gasteiger partial charge < -0.3 is 26.1 Å². The van der Waals surface area contributed by atoms with Crippen molar-refractivity contribution < 1.29 is 38.8 Å². The van der Waals surface area contributed by atoms with Gasteiger partial charge in [0.2, 0.25) is 6.61 Å². The van der Waals surface area contributed by atoms with E-state index in [4.69, 9.17) is 27.3 Å².